The number of nitrogens with zero attached hydrogens (tertiary/aromatic N) is 4. The molecular weight excluding hydrogens is 264 g/mol. The predicted molar refractivity (Wildman–Crippen MR) is 80.0 cm³/mol. The molecule has 0 saturated carbocycles. The molecule has 0 amide bonds. The fraction of sp³-hybridized carbons (Fsp3) is 0.250. The van der Waals surface area contributed by atoms with E-state index in [4.69, 9.17) is 0 Å². The predicted octanol–water partition coefficient (Wildman–Crippen LogP) is 2.19. The normalized spacial score (nSPS) is 14.1. The van der Waals surface area contributed by atoms with Gasteiger partial charge < -0.3 is 0 Å². The van der Waals surface area contributed by atoms with Crippen molar-refractivity contribution in [3.05, 3.63) is 52.8 Å². The van der Waals surface area contributed by atoms with E-state index in [1.54, 1.807) is 17.0 Å². The van der Waals surface area contributed by atoms with Gasteiger partial charge in [-0.25, -0.2) is 9.97 Å². The second-order valence-electron chi connectivity index (χ2n) is 5.25. The Bertz CT molecular complexity index is 871. The van der Waals surface area contributed by atoms with Crippen molar-refractivity contribution in [2.24, 2.45) is 0 Å². The first-order valence-corrected chi connectivity index (χ1v) is 7.14. The van der Waals surface area contributed by atoms with Crippen molar-refractivity contribution in [1.29, 1.82) is 0 Å². The van der Waals surface area contributed by atoms with Crippen LogP contribution < -0.4 is 5.56 Å². The highest BCUT2D eigenvalue weighted by Gasteiger charge is 2.15. The highest BCUT2D eigenvalue weighted by atomic mass is 16.1. The summed E-state index contributed by atoms with van der Waals surface area (Å²) in [6.07, 6.45) is 6.43. The van der Waals surface area contributed by atoms with Gasteiger partial charge in [-0.3, -0.25) is 14.3 Å². The molecule has 104 valence electrons. The van der Waals surface area contributed by atoms with Crippen LogP contribution in [0.15, 0.2) is 41.5 Å². The number of aromatic nitrogens is 4. The fourth-order valence-electron chi connectivity index (χ4n) is 2.80. The van der Waals surface area contributed by atoms with Crippen molar-refractivity contribution < 1.29 is 0 Å². The molecule has 0 aromatic carbocycles. The van der Waals surface area contributed by atoms with Crippen LogP contribution in [-0.2, 0) is 13.0 Å². The van der Waals surface area contributed by atoms with Gasteiger partial charge in [0.25, 0.3) is 5.56 Å². The zero-order chi connectivity index (χ0) is 14.2. The fourth-order valence-corrected chi connectivity index (χ4v) is 2.80. The van der Waals surface area contributed by atoms with Crippen LogP contribution in [0.2, 0.25) is 0 Å². The molecule has 0 atom stereocenters. The molecule has 0 unspecified atom stereocenters. The van der Waals surface area contributed by atoms with Gasteiger partial charge in [0.2, 0.25) is 0 Å². The molecule has 0 aliphatic carbocycles. The Morgan fingerprint density at radius 2 is 2.10 bits per heavy atom. The van der Waals surface area contributed by atoms with E-state index in [1.165, 1.54) is 0 Å². The summed E-state index contributed by atoms with van der Waals surface area (Å²) in [7, 11) is 0. The zero-order valence-corrected chi connectivity index (χ0v) is 11.5. The summed E-state index contributed by atoms with van der Waals surface area (Å²) in [5.74, 6) is 0.874. The van der Waals surface area contributed by atoms with Crippen LogP contribution in [0.4, 0.5) is 0 Å². The van der Waals surface area contributed by atoms with E-state index < -0.39 is 0 Å². The van der Waals surface area contributed by atoms with E-state index in [0.717, 1.165) is 42.9 Å². The van der Waals surface area contributed by atoms with Crippen LogP contribution >= 0.6 is 0 Å². The van der Waals surface area contributed by atoms with Gasteiger partial charge in [-0.1, -0.05) is 6.07 Å². The van der Waals surface area contributed by atoms with E-state index in [1.807, 2.05) is 24.3 Å². The molecule has 0 radical (unpaired) electrons. The van der Waals surface area contributed by atoms with Gasteiger partial charge in [0.1, 0.15) is 5.82 Å². The molecule has 1 aliphatic heterocycles. The summed E-state index contributed by atoms with van der Waals surface area (Å²) >= 11 is 0. The van der Waals surface area contributed by atoms with Gasteiger partial charge in [0.15, 0.2) is 5.52 Å². The summed E-state index contributed by atoms with van der Waals surface area (Å²) < 4.78 is 1.76. The van der Waals surface area contributed by atoms with E-state index in [0.29, 0.717) is 11.0 Å². The molecular formula is C16H14N4O. The molecule has 3 aromatic rings. The molecule has 0 N–H and O–H groups in total. The molecule has 0 spiro atoms. The van der Waals surface area contributed by atoms with Crippen molar-refractivity contribution in [2.75, 3.05) is 0 Å². The molecule has 0 fully saturated rings. The number of pyridine rings is 2. The second kappa shape index (κ2) is 4.77. The Labute approximate surface area is 121 Å². The summed E-state index contributed by atoms with van der Waals surface area (Å²) in [5, 5.41) is 0. The van der Waals surface area contributed by atoms with Crippen LogP contribution in [0, 0.1) is 0 Å². The van der Waals surface area contributed by atoms with Gasteiger partial charge in [0, 0.05) is 30.9 Å². The Kier molecular flexibility index (Phi) is 2.77. The lowest BCUT2D eigenvalue weighted by Gasteiger charge is -2.17. The number of hydrogen-bond acceptors (Lipinski definition) is 4. The number of fused-ring (bicyclic) bond motifs is 2. The summed E-state index contributed by atoms with van der Waals surface area (Å²) in [5.41, 5.74) is 2.81. The molecule has 21 heavy (non-hydrogen) atoms. The molecule has 5 heteroatoms. The van der Waals surface area contributed by atoms with Crippen molar-refractivity contribution >= 4 is 11.0 Å². The Hall–Kier alpha value is -2.56. The first-order valence-electron chi connectivity index (χ1n) is 7.14. The standard InChI is InChI=1S/C16H14N4O/c21-16-15-13(19-14-6-2-4-8-20(14)16)9-11(10-18-15)12-5-1-3-7-17-12/h1,3,5,7,9-10H,2,4,6,8H2. The largest absolute Gasteiger partial charge is 0.295 e. The van der Waals surface area contributed by atoms with Crippen LogP contribution in [0.3, 0.4) is 0 Å². The molecule has 4 rings (SSSR count). The van der Waals surface area contributed by atoms with E-state index in [-0.39, 0.29) is 5.56 Å². The zero-order valence-electron chi connectivity index (χ0n) is 11.5. The van der Waals surface area contributed by atoms with Gasteiger partial charge in [-0.2, -0.15) is 0 Å². The summed E-state index contributed by atoms with van der Waals surface area (Å²) in [6.45, 7) is 0.751. The SMILES string of the molecule is O=c1c2ncc(-c3ccccn3)cc2nc2n1CCCC2. The number of hydrogen-bond donors (Lipinski definition) is 0. The third kappa shape index (κ3) is 2.01. The summed E-state index contributed by atoms with van der Waals surface area (Å²) in [4.78, 5) is 25.7. The average Bonchev–Trinajstić information content (AvgIpc) is 2.55. The van der Waals surface area contributed by atoms with E-state index in [2.05, 4.69) is 15.0 Å². The van der Waals surface area contributed by atoms with Crippen molar-refractivity contribution in [3.8, 4) is 11.3 Å². The smallest absolute Gasteiger partial charge is 0.280 e. The molecule has 0 bridgehead atoms. The molecule has 5 nitrogen and oxygen atoms in total. The van der Waals surface area contributed by atoms with Crippen molar-refractivity contribution in [2.45, 2.75) is 25.8 Å². The third-order valence-electron chi connectivity index (χ3n) is 3.87. The Balaban J connectivity index is 1.94. The number of aryl methyl sites for hydroxylation is 1. The van der Waals surface area contributed by atoms with Crippen LogP contribution in [0.25, 0.3) is 22.3 Å². The van der Waals surface area contributed by atoms with Gasteiger partial charge >= 0.3 is 0 Å². The van der Waals surface area contributed by atoms with Gasteiger partial charge in [-0.15, -0.1) is 0 Å². The Morgan fingerprint density at radius 1 is 1.14 bits per heavy atom. The second-order valence-corrected chi connectivity index (χ2v) is 5.25. The maximum absolute atomic E-state index is 12.5. The topological polar surface area (TPSA) is 60.7 Å². The first kappa shape index (κ1) is 12.2. The molecule has 0 saturated heterocycles. The lowest BCUT2D eigenvalue weighted by Crippen LogP contribution is -2.28. The number of rotatable bonds is 1. The van der Waals surface area contributed by atoms with Crippen LogP contribution in [-0.4, -0.2) is 19.5 Å². The third-order valence-corrected chi connectivity index (χ3v) is 3.87. The van der Waals surface area contributed by atoms with E-state index >= 15 is 0 Å². The lowest BCUT2D eigenvalue weighted by atomic mass is 10.1. The lowest BCUT2D eigenvalue weighted by molar-refractivity contribution is 0.500. The first-order chi connectivity index (χ1) is 10.3. The highest BCUT2D eigenvalue weighted by Crippen LogP contribution is 2.20. The monoisotopic (exact) mass is 278 g/mol. The van der Waals surface area contributed by atoms with Gasteiger partial charge in [0.05, 0.1) is 11.2 Å². The van der Waals surface area contributed by atoms with Gasteiger partial charge in [-0.05, 0) is 31.0 Å². The van der Waals surface area contributed by atoms with Crippen LogP contribution in [0.1, 0.15) is 18.7 Å². The van der Waals surface area contributed by atoms with E-state index in [9.17, 15) is 4.79 Å². The Morgan fingerprint density at radius 3 is 2.95 bits per heavy atom. The molecule has 4 heterocycles. The minimum absolute atomic E-state index is 0.0257. The van der Waals surface area contributed by atoms with Crippen molar-refractivity contribution in [1.82, 2.24) is 19.5 Å². The quantitative estimate of drug-likeness (QED) is 0.684. The maximum Gasteiger partial charge on any atom is 0.280 e. The molecule has 1 aliphatic rings. The van der Waals surface area contributed by atoms with Crippen LogP contribution in [0.5, 0.6) is 0 Å². The highest BCUT2D eigenvalue weighted by molar-refractivity contribution is 5.78. The minimum atomic E-state index is -0.0257. The van der Waals surface area contributed by atoms with Crippen molar-refractivity contribution in [3.63, 3.8) is 0 Å². The average molecular weight is 278 g/mol. The summed E-state index contributed by atoms with van der Waals surface area (Å²) in [6, 6.07) is 7.64. The maximum atomic E-state index is 12.5. The minimum Gasteiger partial charge on any atom is -0.295 e. The molecule has 3 aromatic heterocycles.